The summed E-state index contributed by atoms with van der Waals surface area (Å²) in [5, 5.41) is 3.54. The number of carbonyl (C=O) groups excluding carboxylic acids is 2. The lowest BCUT2D eigenvalue weighted by molar-refractivity contribution is -0.121. The first-order valence-electron chi connectivity index (χ1n) is 9.24. The van der Waals surface area contributed by atoms with Crippen molar-refractivity contribution in [1.29, 1.82) is 0 Å². The first kappa shape index (κ1) is 19.0. The summed E-state index contributed by atoms with van der Waals surface area (Å²) in [6.07, 6.45) is 0.292. The minimum absolute atomic E-state index is 0.0397. The molecule has 0 saturated heterocycles. The molecule has 0 unspecified atom stereocenters. The van der Waals surface area contributed by atoms with Gasteiger partial charge in [0.1, 0.15) is 5.75 Å². The number of nitrogens with zero attached hydrogens (tertiary/aromatic N) is 1. The summed E-state index contributed by atoms with van der Waals surface area (Å²) in [6, 6.07) is 22.3. The first-order chi connectivity index (χ1) is 14.1. The second kappa shape index (κ2) is 8.37. The molecule has 0 fully saturated rings. The molecule has 0 aliphatic carbocycles. The summed E-state index contributed by atoms with van der Waals surface area (Å²) < 4.78 is 5.60. The van der Waals surface area contributed by atoms with Gasteiger partial charge in [-0.3, -0.25) is 9.59 Å². The van der Waals surface area contributed by atoms with Gasteiger partial charge < -0.3 is 15.0 Å². The van der Waals surface area contributed by atoms with Crippen LogP contribution in [0.15, 0.2) is 72.8 Å². The number of fused-ring (bicyclic) bond motifs is 1. The van der Waals surface area contributed by atoms with Gasteiger partial charge in [-0.05, 0) is 35.4 Å². The molecule has 146 valence electrons. The second-order valence-corrected chi connectivity index (χ2v) is 7.22. The number of carbonyl (C=O) groups is 2. The van der Waals surface area contributed by atoms with E-state index in [1.165, 1.54) is 0 Å². The molecule has 0 atom stereocenters. The standard InChI is InChI=1S/C23H19ClN2O3/c24-18-8-6-17(7-9-18)14-26-20-11-10-19(13-21(20)29-15-23(26)28)25-22(27)12-16-4-2-1-3-5-16/h1-11,13H,12,14-15H2,(H,25,27). The number of halogens is 1. The third-order valence-electron chi connectivity index (χ3n) is 4.65. The summed E-state index contributed by atoms with van der Waals surface area (Å²) in [6.45, 7) is 0.383. The summed E-state index contributed by atoms with van der Waals surface area (Å²) in [5.41, 5.74) is 3.22. The zero-order valence-electron chi connectivity index (χ0n) is 15.6. The number of anilines is 2. The molecule has 0 spiro atoms. The largest absolute Gasteiger partial charge is 0.481 e. The molecule has 6 heteroatoms. The van der Waals surface area contributed by atoms with Gasteiger partial charge in [0.25, 0.3) is 5.91 Å². The predicted molar refractivity (Wildman–Crippen MR) is 113 cm³/mol. The molecule has 2 amide bonds. The van der Waals surface area contributed by atoms with Gasteiger partial charge in [-0.25, -0.2) is 0 Å². The number of rotatable bonds is 5. The molecule has 4 rings (SSSR count). The fraction of sp³-hybridized carbons (Fsp3) is 0.130. The van der Waals surface area contributed by atoms with Gasteiger partial charge in [0, 0.05) is 16.8 Å². The normalized spacial score (nSPS) is 12.9. The van der Waals surface area contributed by atoms with Crippen molar-refractivity contribution in [2.45, 2.75) is 13.0 Å². The van der Waals surface area contributed by atoms with Crippen LogP contribution in [-0.2, 0) is 22.6 Å². The molecule has 3 aromatic rings. The molecule has 0 aromatic heterocycles. The highest BCUT2D eigenvalue weighted by Crippen LogP contribution is 2.35. The molecule has 1 N–H and O–H groups in total. The number of benzene rings is 3. The van der Waals surface area contributed by atoms with Crippen molar-refractivity contribution in [2.24, 2.45) is 0 Å². The summed E-state index contributed by atoms with van der Waals surface area (Å²) >= 11 is 5.94. The Morgan fingerprint density at radius 3 is 2.52 bits per heavy atom. The molecule has 3 aromatic carbocycles. The van der Waals surface area contributed by atoms with Gasteiger partial charge in [0.05, 0.1) is 18.7 Å². The Hall–Kier alpha value is -3.31. The molecule has 1 aliphatic heterocycles. The molecule has 0 radical (unpaired) electrons. The molecule has 0 bridgehead atoms. The van der Waals surface area contributed by atoms with Gasteiger partial charge >= 0.3 is 0 Å². The van der Waals surface area contributed by atoms with Gasteiger partial charge in [-0.15, -0.1) is 0 Å². The average molecular weight is 407 g/mol. The Morgan fingerprint density at radius 1 is 1.00 bits per heavy atom. The van der Waals surface area contributed by atoms with Crippen LogP contribution in [0, 0.1) is 0 Å². The monoisotopic (exact) mass is 406 g/mol. The van der Waals surface area contributed by atoms with Gasteiger partial charge in [0.15, 0.2) is 6.61 Å². The molecule has 1 heterocycles. The Kier molecular flexibility index (Phi) is 5.49. The van der Waals surface area contributed by atoms with Crippen LogP contribution >= 0.6 is 11.6 Å². The Labute approximate surface area is 173 Å². The van der Waals surface area contributed by atoms with E-state index in [1.54, 1.807) is 35.2 Å². The highest BCUT2D eigenvalue weighted by atomic mass is 35.5. The van der Waals surface area contributed by atoms with Crippen molar-refractivity contribution in [3.8, 4) is 5.75 Å². The van der Waals surface area contributed by atoms with E-state index >= 15 is 0 Å². The van der Waals surface area contributed by atoms with E-state index in [1.807, 2.05) is 42.5 Å². The van der Waals surface area contributed by atoms with Crippen molar-refractivity contribution in [2.75, 3.05) is 16.8 Å². The number of nitrogens with one attached hydrogen (secondary N) is 1. The number of hydrogen-bond donors (Lipinski definition) is 1. The maximum Gasteiger partial charge on any atom is 0.265 e. The van der Waals surface area contributed by atoms with Crippen LogP contribution in [0.5, 0.6) is 5.75 Å². The molecule has 0 saturated carbocycles. The number of amides is 2. The Balaban J connectivity index is 1.49. The SMILES string of the molecule is O=C(Cc1ccccc1)Nc1ccc2c(c1)OCC(=O)N2Cc1ccc(Cl)cc1. The van der Waals surface area contributed by atoms with Gasteiger partial charge in [-0.1, -0.05) is 54.1 Å². The minimum Gasteiger partial charge on any atom is -0.481 e. The lowest BCUT2D eigenvalue weighted by Gasteiger charge is -2.30. The van der Waals surface area contributed by atoms with Crippen LogP contribution < -0.4 is 15.0 Å². The Morgan fingerprint density at radius 2 is 1.76 bits per heavy atom. The fourth-order valence-corrected chi connectivity index (χ4v) is 3.34. The maximum atomic E-state index is 12.4. The highest BCUT2D eigenvalue weighted by molar-refractivity contribution is 6.30. The highest BCUT2D eigenvalue weighted by Gasteiger charge is 2.26. The van der Waals surface area contributed by atoms with Crippen LogP contribution in [0.25, 0.3) is 0 Å². The fourth-order valence-electron chi connectivity index (χ4n) is 3.21. The van der Waals surface area contributed by atoms with Gasteiger partial charge in [-0.2, -0.15) is 0 Å². The predicted octanol–water partition coefficient (Wildman–Crippen LogP) is 4.45. The molecule has 29 heavy (non-hydrogen) atoms. The van der Waals surface area contributed by atoms with Crippen LogP contribution in [0.1, 0.15) is 11.1 Å². The summed E-state index contributed by atoms with van der Waals surface area (Å²) in [7, 11) is 0. The van der Waals surface area contributed by atoms with Crippen LogP contribution in [-0.4, -0.2) is 18.4 Å². The minimum atomic E-state index is -0.117. The van der Waals surface area contributed by atoms with Crippen molar-refractivity contribution in [3.05, 3.63) is 88.9 Å². The van der Waals surface area contributed by atoms with Crippen molar-refractivity contribution < 1.29 is 14.3 Å². The maximum absolute atomic E-state index is 12.4. The van der Waals surface area contributed by atoms with E-state index in [9.17, 15) is 9.59 Å². The van der Waals surface area contributed by atoms with Crippen molar-refractivity contribution in [3.63, 3.8) is 0 Å². The zero-order valence-corrected chi connectivity index (χ0v) is 16.4. The van der Waals surface area contributed by atoms with E-state index in [-0.39, 0.29) is 18.4 Å². The third-order valence-corrected chi connectivity index (χ3v) is 4.90. The average Bonchev–Trinajstić information content (AvgIpc) is 2.72. The van der Waals surface area contributed by atoms with Crippen LogP contribution in [0.3, 0.4) is 0 Å². The van der Waals surface area contributed by atoms with E-state index in [2.05, 4.69) is 5.32 Å². The third kappa shape index (κ3) is 4.58. The smallest absolute Gasteiger partial charge is 0.265 e. The molecule has 5 nitrogen and oxygen atoms in total. The summed E-state index contributed by atoms with van der Waals surface area (Å²) in [4.78, 5) is 26.4. The number of hydrogen-bond acceptors (Lipinski definition) is 3. The first-order valence-corrected chi connectivity index (χ1v) is 9.62. The lowest BCUT2D eigenvalue weighted by atomic mass is 10.1. The molecular formula is C23H19ClN2O3. The van der Waals surface area contributed by atoms with E-state index < -0.39 is 0 Å². The van der Waals surface area contributed by atoms with Crippen LogP contribution in [0.4, 0.5) is 11.4 Å². The number of ether oxygens (including phenoxy) is 1. The molecule has 1 aliphatic rings. The van der Waals surface area contributed by atoms with Crippen molar-refractivity contribution >= 4 is 34.8 Å². The van der Waals surface area contributed by atoms with Gasteiger partial charge in [0.2, 0.25) is 5.91 Å². The van der Waals surface area contributed by atoms with E-state index in [0.717, 1.165) is 11.1 Å². The quantitative estimate of drug-likeness (QED) is 0.681. The second-order valence-electron chi connectivity index (χ2n) is 6.79. The van der Waals surface area contributed by atoms with E-state index in [4.69, 9.17) is 16.3 Å². The lowest BCUT2D eigenvalue weighted by Crippen LogP contribution is -2.38. The molecular weight excluding hydrogens is 388 g/mol. The Bertz CT molecular complexity index is 1040. The summed E-state index contributed by atoms with van der Waals surface area (Å²) in [5.74, 6) is 0.338. The zero-order chi connectivity index (χ0) is 20.2. The van der Waals surface area contributed by atoms with Crippen LogP contribution in [0.2, 0.25) is 5.02 Å². The topological polar surface area (TPSA) is 58.6 Å². The van der Waals surface area contributed by atoms with Crippen molar-refractivity contribution in [1.82, 2.24) is 0 Å². The van der Waals surface area contributed by atoms with E-state index in [0.29, 0.717) is 35.1 Å².